The van der Waals surface area contributed by atoms with Gasteiger partial charge in [0, 0.05) is 24.3 Å². The highest BCUT2D eigenvalue weighted by molar-refractivity contribution is 6.31. The highest BCUT2D eigenvalue weighted by Crippen LogP contribution is 2.17. The lowest BCUT2D eigenvalue weighted by Gasteiger charge is -2.10. The predicted octanol–water partition coefficient (Wildman–Crippen LogP) is 2.54. The van der Waals surface area contributed by atoms with Gasteiger partial charge < -0.3 is 5.32 Å². The predicted molar refractivity (Wildman–Crippen MR) is 92.5 cm³/mol. The first kappa shape index (κ1) is 16.2. The third-order valence-electron chi connectivity index (χ3n) is 3.65. The Morgan fingerprint density at radius 2 is 2.08 bits per heavy atom. The molecule has 0 unspecified atom stereocenters. The van der Waals surface area contributed by atoms with Gasteiger partial charge in [0.25, 0.3) is 5.91 Å². The number of hydrogen-bond acceptors (Lipinski definition) is 4. The molecule has 124 valence electrons. The zero-order valence-electron chi connectivity index (χ0n) is 13.3. The molecule has 24 heavy (non-hydrogen) atoms. The van der Waals surface area contributed by atoms with Crippen molar-refractivity contribution in [2.24, 2.45) is 0 Å². The third-order valence-corrected chi connectivity index (χ3v) is 3.88. The number of halogens is 1. The van der Waals surface area contributed by atoms with E-state index in [4.69, 9.17) is 11.6 Å². The molecular weight excluding hydrogens is 330 g/mol. The van der Waals surface area contributed by atoms with Gasteiger partial charge in [-0.25, -0.2) is 0 Å². The Bertz CT molecular complexity index is 976. The van der Waals surface area contributed by atoms with Crippen LogP contribution in [0.1, 0.15) is 24.3 Å². The molecule has 7 nitrogen and oxygen atoms in total. The van der Waals surface area contributed by atoms with Crippen LogP contribution in [0.25, 0.3) is 10.9 Å². The van der Waals surface area contributed by atoms with E-state index in [9.17, 15) is 9.59 Å². The minimum absolute atomic E-state index is 0.170. The van der Waals surface area contributed by atoms with Crippen LogP contribution in [0.5, 0.6) is 0 Å². The smallest absolute Gasteiger partial charge is 0.280 e. The maximum atomic E-state index is 12.6. The van der Waals surface area contributed by atoms with Gasteiger partial charge in [-0.15, -0.1) is 0 Å². The molecule has 0 saturated heterocycles. The molecular formula is C16H16ClN5O2. The molecule has 0 aliphatic carbocycles. The summed E-state index contributed by atoms with van der Waals surface area (Å²) in [6.07, 6.45) is 3.21. The minimum atomic E-state index is -0.570. The Morgan fingerprint density at radius 3 is 2.75 bits per heavy atom. The van der Waals surface area contributed by atoms with Gasteiger partial charge in [0.15, 0.2) is 5.69 Å². The van der Waals surface area contributed by atoms with Crippen LogP contribution in [0, 0.1) is 0 Å². The standard InChI is InChI=1S/C16H16ClN5O2/c1-3-21-9-11(8-18-21)19-16(24)14-15(23)12-7-10(17)5-6-13(12)22(4-2)20-14/h5-9H,3-4H2,1-2H3,(H,19,24). The number of aromatic nitrogens is 4. The van der Waals surface area contributed by atoms with Crippen LogP contribution >= 0.6 is 11.6 Å². The van der Waals surface area contributed by atoms with Crippen molar-refractivity contribution in [3.8, 4) is 0 Å². The number of nitrogens with zero attached hydrogens (tertiary/aromatic N) is 4. The van der Waals surface area contributed by atoms with Gasteiger partial charge in [-0.3, -0.25) is 19.0 Å². The number of benzene rings is 1. The first-order valence-electron chi connectivity index (χ1n) is 7.57. The SMILES string of the molecule is CCn1cc(NC(=O)c2nn(CC)c3ccc(Cl)cc3c2=O)cn1. The molecule has 3 rings (SSSR count). The van der Waals surface area contributed by atoms with Crippen molar-refractivity contribution < 1.29 is 4.79 Å². The topological polar surface area (TPSA) is 81.8 Å². The summed E-state index contributed by atoms with van der Waals surface area (Å²) in [5.74, 6) is -0.570. The van der Waals surface area contributed by atoms with Crippen molar-refractivity contribution in [3.05, 3.63) is 51.5 Å². The summed E-state index contributed by atoms with van der Waals surface area (Å²) in [6, 6.07) is 4.97. The van der Waals surface area contributed by atoms with Gasteiger partial charge in [-0.05, 0) is 32.0 Å². The van der Waals surface area contributed by atoms with Crippen molar-refractivity contribution in [2.75, 3.05) is 5.32 Å². The molecule has 0 aliphatic heterocycles. The second-order valence-corrected chi connectivity index (χ2v) is 5.63. The maximum absolute atomic E-state index is 12.6. The van der Waals surface area contributed by atoms with E-state index in [2.05, 4.69) is 15.5 Å². The minimum Gasteiger partial charge on any atom is -0.318 e. The molecule has 1 aromatic carbocycles. The number of anilines is 1. The van der Waals surface area contributed by atoms with Crippen LogP contribution in [-0.2, 0) is 13.1 Å². The zero-order valence-corrected chi connectivity index (χ0v) is 14.0. The molecule has 1 N–H and O–H groups in total. The molecule has 0 saturated carbocycles. The third kappa shape index (κ3) is 2.90. The van der Waals surface area contributed by atoms with Crippen LogP contribution in [0.2, 0.25) is 5.02 Å². The Balaban J connectivity index is 2.06. The lowest BCUT2D eigenvalue weighted by molar-refractivity contribution is 0.101. The Morgan fingerprint density at radius 1 is 1.29 bits per heavy atom. The van der Waals surface area contributed by atoms with E-state index in [0.29, 0.717) is 34.7 Å². The number of fused-ring (bicyclic) bond motifs is 1. The second kappa shape index (κ2) is 6.45. The van der Waals surface area contributed by atoms with E-state index < -0.39 is 11.3 Å². The van der Waals surface area contributed by atoms with E-state index in [1.165, 1.54) is 6.20 Å². The molecule has 0 fully saturated rings. The number of nitrogens with one attached hydrogen (secondary N) is 1. The quantitative estimate of drug-likeness (QED) is 0.787. The molecule has 1 amide bonds. The number of hydrogen-bond donors (Lipinski definition) is 1. The van der Waals surface area contributed by atoms with Crippen molar-refractivity contribution in [1.29, 1.82) is 0 Å². The molecule has 0 aliphatic rings. The molecule has 2 heterocycles. The Kier molecular flexibility index (Phi) is 4.35. The van der Waals surface area contributed by atoms with Gasteiger partial charge in [0.05, 0.1) is 22.8 Å². The van der Waals surface area contributed by atoms with Crippen molar-refractivity contribution in [1.82, 2.24) is 19.6 Å². The highest BCUT2D eigenvalue weighted by atomic mass is 35.5. The van der Waals surface area contributed by atoms with Gasteiger partial charge >= 0.3 is 0 Å². The van der Waals surface area contributed by atoms with Crippen molar-refractivity contribution in [3.63, 3.8) is 0 Å². The van der Waals surface area contributed by atoms with Gasteiger partial charge in [0.2, 0.25) is 5.43 Å². The molecule has 2 aromatic heterocycles. The normalized spacial score (nSPS) is 11.0. The molecule has 0 atom stereocenters. The summed E-state index contributed by atoms with van der Waals surface area (Å²) >= 11 is 5.99. The second-order valence-electron chi connectivity index (χ2n) is 5.19. The van der Waals surface area contributed by atoms with E-state index in [-0.39, 0.29) is 5.69 Å². The summed E-state index contributed by atoms with van der Waals surface area (Å²) in [7, 11) is 0. The largest absolute Gasteiger partial charge is 0.318 e. The molecule has 3 aromatic rings. The van der Waals surface area contributed by atoms with Crippen LogP contribution < -0.4 is 10.7 Å². The van der Waals surface area contributed by atoms with Gasteiger partial charge in [-0.2, -0.15) is 10.2 Å². The molecule has 0 spiro atoms. The number of rotatable bonds is 4. The number of aryl methyl sites for hydroxylation is 2. The lowest BCUT2D eigenvalue weighted by atomic mass is 10.2. The molecule has 0 bridgehead atoms. The van der Waals surface area contributed by atoms with Gasteiger partial charge in [-0.1, -0.05) is 11.6 Å². The summed E-state index contributed by atoms with van der Waals surface area (Å²) in [4.78, 5) is 25.1. The van der Waals surface area contributed by atoms with Gasteiger partial charge in [0.1, 0.15) is 0 Å². The average molecular weight is 346 g/mol. The number of amides is 1. The van der Waals surface area contributed by atoms with Crippen molar-refractivity contribution in [2.45, 2.75) is 26.9 Å². The van der Waals surface area contributed by atoms with Crippen LogP contribution in [0.3, 0.4) is 0 Å². The molecule has 8 heteroatoms. The molecule has 0 radical (unpaired) electrons. The zero-order chi connectivity index (χ0) is 17.3. The van der Waals surface area contributed by atoms with Crippen LogP contribution in [0.15, 0.2) is 35.4 Å². The average Bonchev–Trinajstić information content (AvgIpc) is 3.03. The Labute approximate surface area is 142 Å². The number of carbonyl (C=O) groups excluding carboxylic acids is 1. The number of carbonyl (C=O) groups is 1. The Hall–Kier alpha value is -2.67. The monoisotopic (exact) mass is 345 g/mol. The summed E-state index contributed by atoms with van der Waals surface area (Å²) in [5, 5.41) is 11.7. The first-order valence-corrected chi connectivity index (χ1v) is 7.95. The first-order chi connectivity index (χ1) is 11.5. The fourth-order valence-electron chi connectivity index (χ4n) is 2.44. The van der Waals surface area contributed by atoms with E-state index in [1.54, 1.807) is 33.8 Å². The fraction of sp³-hybridized carbons (Fsp3) is 0.250. The summed E-state index contributed by atoms with van der Waals surface area (Å²) in [5.41, 5.74) is 0.535. The fourth-order valence-corrected chi connectivity index (χ4v) is 2.62. The summed E-state index contributed by atoms with van der Waals surface area (Å²) < 4.78 is 3.28. The van der Waals surface area contributed by atoms with Crippen LogP contribution in [-0.4, -0.2) is 25.5 Å². The summed E-state index contributed by atoms with van der Waals surface area (Å²) in [6.45, 7) is 5.03. The highest BCUT2D eigenvalue weighted by Gasteiger charge is 2.18. The van der Waals surface area contributed by atoms with E-state index >= 15 is 0 Å². The van der Waals surface area contributed by atoms with Crippen LogP contribution in [0.4, 0.5) is 5.69 Å². The lowest BCUT2D eigenvalue weighted by Crippen LogP contribution is -2.27. The van der Waals surface area contributed by atoms with E-state index in [0.717, 1.165) is 0 Å². The van der Waals surface area contributed by atoms with Crippen molar-refractivity contribution >= 4 is 34.1 Å². The van der Waals surface area contributed by atoms with E-state index in [1.807, 2.05) is 13.8 Å². The maximum Gasteiger partial charge on any atom is 0.280 e.